The molecular weight excluding hydrogens is 333 g/mol. The van der Waals surface area contributed by atoms with Crippen molar-refractivity contribution in [3.05, 3.63) is 54.1 Å². The number of hydrogen-bond acceptors (Lipinski definition) is 5. The highest BCUT2D eigenvalue weighted by Crippen LogP contribution is 2.21. The summed E-state index contributed by atoms with van der Waals surface area (Å²) in [5.41, 5.74) is 4.89. The second-order valence-corrected chi connectivity index (χ2v) is 6.49. The fourth-order valence-corrected chi connectivity index (χ4v) is 3.22. The van der Waals surface area contributed by atoms with E-state index >= 15 is 0 Å². The maximum atomic E-state index is 14.1. The van der Waals surface area contributed by atoms with Gasteiger partial charge in [0, 0.05) is 18.8 Å². The van der Waals surface area contributed by atoms with Crippen molar-refractivity contribution in [3.63, 3.8) is 0 Å². The van der Waals surface area contributed by atoms with Crippen LogP contribution in [0.1, 0.15) is 18.4 Å². The third-order valence-corrected chi connectivity index (χ3v) is 4.64. The van der Waals surface area contributed by atoms with Crippen molar-refractivity contribution >= 4 is 17.8 Å². The molecule has 1 aromatic carbocycles. The van der Waals surface area contributed by atoms with Gasteiger partial charge in [0.25, 0.3) is 0 Å². The zero-order valence-corrected chi connectivity index (χ0v) is 14.9. The number of piperidine rings is 1. The van der Waals surface area contributed by atoms with E-state index in [2.05, 4.69) is 20.6 Å². The van der Waals surface area contributed by atoms with E-state index in [4.69, 9.17) is 0 Å². The maximum Gasteiger partial charge on any atom is 0.232 e. The van der Waals surface area contributed by atoms with E-state index in [1.54, 1.807) is 24.5 Å². The monoisotopic (exact) mass is 357 g/mol. The fourth-order valence-electron chi connectivity index (χ4n) is 3.22. The number of nitrogens with zero attached hydrogens (tertiary/aromatic N) is 3. The molecule has 0 saturated carbocycles. The third-order valence-electron chi connectivity index (χ3n) is 4.64. The van der Waals surface area contributed by atoms with E-state index in [9.17, 15) is 9.18 Å². The van der Waals surface area contributed by atoms with E-state index < -0.39 is 0 Å². The highest BCUT2D eigenvalue weighted by atomic mass is 19.1. The zero-order chi connectivity index (χ0) is 18.4. The molecule has 2 heterocycles. The zero-order valence-electron chi connectivity index (χ0n) is 14.9. The van der Waals surface area contributed by atoms with Crippen LogP contribution in [0.25, 0.3) is 0 Å². The van der Waals surface area contributed by atoms with Gasteiger partial charge in [-0.05, 0) is 68.9 Å². The summed E-state index contributed by atoms with van der Waals surface area (Å²) < 4.78 is 14.1. The molecule has 0 atom stereocenters. The second-order valence-electron chi connectivity index (χ2n) is 6.49. The normalized spacial score (nSPS) is 15.6. The van der Waals surface area contributed by atoms with Crippen LogP contribution in [0.3, 0.4) is 0 Å². The van der Waals surface area contributed by atoms with Gasteiger partial charge < -0.3 is 5.32 Å². The molecule has 1 saturated heterocycles. The number of benzene rings is 1. The van der Waals surface area contributed by atoms with Crippen LogP contribution in [0.5, 0.6) is 0 Å². The van der Waals surface area contributed by atoms with Gasteiger partial charge in [0.15, 0.2) is 0 Å². The summed E-state index contributed by atoms with van der Waals surface area (Å²) >= 11 is 0. The summed E-state index contributed by atoms with van der Waals surface area (Å²) in [4.78, 5) is 17.8. The Balaban J connectivity index is 1.71. The SMILES string of the molecule is CNC1CCN(Cc2cc(F)cc(N(C=O)Nc3cccnc3)c2)CC1. The number of amides is 1. The van der Waals surface area contributed by atoms with Crippen LogP contribution in [-0.2, 0) is 11.3 Å². The van der Waals surface area contributed by atoms with E-state index in [1.165, 1.54) is 17.1 Å². The largest absolute Gasteiger partial charge is 0.317 e. The van der Waals surface area contributed by atoms with Crippen LogP contribution < -0.4 is 15.8 Å². The highest BCUT2D eigenvalue weighted by Gasteiger charge is 2.18. The number of carbonyl (C=O) groups excluding carboxylic acids is 1. The van der Waals surface area contributed by atoms with Gasteiger partial charge in [0.1, 0.15) is 5.82 Å². The molecule has 1 aliphatic heterocycles. The fraction of sp³-hybridized carbons (Fsp3) is 0.368. The van der Waals surface area contributed by atoms with Crippen LogP contribution in [0.15, 0.2) is 42.7 Å². The lowest BCUT2D eigenvalue weighted by molar-refractivity contribution is -0.107. The molecule has 0 aliphatic carbocycles. The topological polar surface area (TPSA) is 60.5 Å². The molecule has 3 rings (SSSR count). The van der Waals surface area contributed by atoms with Crippen molar-refractivity contribution in [3.8, 4) is 0 Å². The minimum atomic E-state index is -0.359. The number of halogens is 1. The van der Waals surface area contributed by atoms with Crippen molar-refractivity contribution < 1.29 is 9.18 Å². The molecule has 6 nitrogen and oxygen atoms in total. The first-order valence-corrected chi connectivity index (χ1v) is 8.78. The van der Waals surface area contributed by atoms with Gasteiger partial charge in [0.2, 0.25) is 6.41 Å². The van der Waals surface area contributed by atoms with Crippen molar-refractivity contribution in [1.82, 2.24) is 15.2 Å². The lowest BCUT2D eigenvalue weighted by Gasteiger charge is -2.32. The number of hydrazine groups is 1. The first kappa shape index (κ1) is 18.3. The van der Waals surface area contributed by atoms with Gasteiger partial charge in [-0.1, -0.05) is 0 Å². The lowest BCUT2D eigenvalue weighted by Crippen LogP contribution is -2.40. The van der Waals surface area contributed by atoms with Gasteiger partial charge in [-0.2, -0.15) is 0 Å². The minimum absolute atomic E-state index is 0.359. The summed E-state index contributed by atoms with van der Waals surface area (Å²) in [5, 5.41) is 4.57. The molecular formula is C19H24FN5O. The van der Waals surface area contributed by atoms with Crippen molar-refractivity contribution in [1.29, 1.82) is 0 Å². The van der Waals surface area contributed by atoms with E-state index in [1.807, 2.05) is 13.1 Å². The smallest absolute Gasteiger partial charge is 0.232 e. The van der Waals surface area contributed by atoms with E-state index in [0.717, 1.165) is 31.5 Å². The van der Waals surface area contributed by atoms with Crippen molar-refractivity contribution in [2.24, 2.45) is 0 Å². The molecule has 1 aliphatic rings. The summed E-state index contributed by atoms with van der Waals surface area (Å²) in [6.07, 6.45) is 6.05. The summed E-state index contributed by atoms with van der Waals surface area (Å²) in [6.45, 7) is 2.62. The molecule has 0 bridgehead atoms. The van der Waals surface area contributed by atoms with Crippen molar-refractivity contribution in [2.75, 3.05) is 30.6 Å². The molecule has 0 radical (unpaired) electrons. The molecule has 1 fully saturated rings. The molecule has 2 aromatic rings. The van der Waals surface area contributed by atoms with Crippen LogP contribution in [0, 0.1) is 5.82 Å². The summed E-state index contributed by atoms with van der Waals surface area (Å²) in [7, 11) is 1.99. The Morgan fingerprint density at radius 3 is 2.81 bits per heavy atom. The molecule has 7 heteroatoms. The molecule has 2 N–H and O–H groups in total. The number of carbonyl (C=O) groups is 1. The number of rotatable bonds is 7. The highest BCUT2D eigenvalue weighted by molar-refractivity contribution is 5.78. The van der Waals surface area contributed by atoms with Crippen LogP contribution >= 0.6 is 0 Å². The molecule has 0 spiro atoms. The Labute approximate surface area is 153 Å². The first-order chi connectivity index (χ1) is 12.7. The standard InChI is InChI=1S/C19H24FN5O/c1-21-17-4-7-24(8-5-17)13-15-9-16(20)11-19(10-15)25(14-26)23-18-3-2-6-22-12-18/h2-3,6,9-12,14,17,21,23H,4-5,7-8,13H2,1H3. The summed E-state index contributed by atoms with van der Waals surface area (Å²) in [6, 6.07) is 8.82. The van der Waals surface area contributed by atoms with Gasteiger partial charge in [0.05, 0.1) is 17.6 Å². The Morgan fingerprint density at radius 1 is 1.35 bits per heavy atom. The minimum Gasteiger partial charge on any atom is -0.317 e. The number of hydrogen-bond donors (Lipinski definition) is 2. The molecule has 0 unspecified atom stereocenters. The number of nitrogens with one attached hydrogen (secondary N) is 2. The van der Waals surface area contributed by atoms with Crippen molar-refractivity contribution in [2.45, 2.75) is 25.4 Å². The average molecular weight is 357 g/mol. The molecule has 1 amide bonds. The van der Waals surface area contributed by atoms with Crippen LogP contribution in [0.2, 0.25) is 0 Å². The Bertz CT molecular complexity index is 719. The summed E-state index contributed by atoms with van der Waals surface area (Å²) in [5.74, 6) is -0.359. The molecule has 1 aromatic heterocycles. The molecule has 26 heavy (non-hydrogen) atoms. The number of pyridine rings is 1. The Hall–Kier alpha value is -2.51. The number of anilines is 2. The third kappa shape index (κ3) is 4.77. The maximum absolute atomic E-state index is 14.1. The predicted molar refractivity (Wildman–Crippen MR) is 100 cm³/mol. The second kappa shape index (κ2) is 8.73. The van der Waals surface area contributed by atoms with E-state index in [0.29, 0.717) is 30.4 Å². The quantitative estimate of drug-likeness (QED) is 0.589. The van der Waals surface area contributed by atoms with E-state index in [-0.39, 0.29) is 5.82 Å². The van der Waals surface area contributed by atoms with Gasteiger partial charge in [-0.25, -0.2) is 9.40 Å². The van der Waals surface area contributed by atoms with Crippen LogP contribution in [0.4, 0.5) is 15.8 Å². The Morgan fingerprint density at radius 2 is 2.15 bits per heavy atom. The molecule has 138 valence electrons. The lowest BCUT2D eigenvalue weighted by atomic mass is 10.0. The number of likely N-dealkylation sites (tertiary alicyclic amines) is 1. The van der Waals surface area contributed by atoms with Gasteiger partial charge in [-0.15, -0.1) is 0 Å². The Kier molecular flexibility index (Phi) is 6.14. The number of aromatic nitrogens is 1. The average Bonchev–Trinajstić information content (AvgIpc) is 2.67. The van der Waals surface area contributed by atoms with Gasteiger partial charge in [-0.3, -0.25) is 20.1 Å². The predicted octanol–water partition coefficient (Wildman–Crippen LogP) is 2.39. The first-order valence-electron chi connectivity index (χ1n) is 8.78. The van der Waals surface area contributed by atoms with Crippen LogP contribution in [-0.4, -0.2) is 42.5 Å². The van der Waals surface area contributed by atoms with Gasteiger partial charge >= 0.3 is 0 Å².